The lowest BCUT2D eigenvalue weighted by Crippen LogP contribution is -2.26. The fraction of sp³-hybridized carbons (Fsp3) is 0.333. The zero-order valence-corrected chi connectivity index (χ0v) is 11.4. The summed E-state index contributed by atoms with van der Waals surface area (Å²) in [7, 11) is 3.55. The molecule has 1 aromatic carbocycles. The van der Waals surface area contributed by atoms with E-state index in [0.717, 1.165) is 17.5 Å². The lowest BCUT2D eigenvalue weighted by Gasteiger charge is -2.11. The zero-order valence-electron chi connectivity index (χ0n) is 11.4. The standard InChI is InChI=1S/C15H19N3O/c1-18(2)15(19)7-8-16-10-13-11-17-9-12-5-3-4-6-14(12)13/h3-6,9,11,16H,7-8,10H2,1-2H3. The number of amides is 1. The van der Waals surface area contributed by atoms with E-state index in [4.69, 9.17) is 0 Å². The summed E-state index contributed by atoms with van der Waals surface area (Å²) in [4.78, 5) is 17.3. The third-order valence-electron chi connectivity index (χ3n) is 3.08. The van der Waals surface area contributed by atoms with E-state index in [-0.39, 0.29) is 5.91 Å². The summed E-state index contributed by atoms with van der Waals surface area (Å²) in [5.41, 5.74) is 1.16. The van der Waals surface area contributed by atoms with Gasteiger partial charge in [0.05, 0.1) is 0 Å². The monoisotopic (exact) mass is 257 g/mol. The Morgan fingerprint density at radius 1 is 1.26 bits per heavy atom. The van der Waals surface area contributed by atoms with Gasteiger partial charge in [-0.05, 0) is 10.9 Å². The van der Waals surface area contributed by atoms with Crippen LogP contribution in [-0.2, 0) is 11.3 Å². The lowest BCUT2D eigenvalue weighted by molar-refractivity contribution is -0.128. The number of aromatic nitrogens is 1. The van der Waals surface area contributed by atoms with E-state index in [0.29, 0.717) is 13.0 Å². The summed E-state index contributed by atoms with van der Waals surface area (Å²) < 4.78 is 0. The van der Waals surface area contributed by atoms with E-state index in [1.54, 1.807) is 19.0 Å². The van der Waals surface area contributed by atoms with Crippen molar-refractivity contribution in [3.8, 4) is 0 Å². The zero-order chi connectivity index (χ0) is 13.7. The summed E-state index contributed by atoms with van der Waals surface area (Å²) in [5, 5.41) is 5.65. The van der Waals surface area contributed by atoms with Crippen LogP contribution in [0.25, 0.3) is 10.8 Å². The van der Waals surface area contributed by atoms with Crippen LogP contribution in [0.5, 0.6) is 0 Å². The number of pyridine rings is 1. The Morgan fingerprint density at radius 2 is 2.05 bits per heavy atom. The first-order valence-electron chi connectivity index (χ1n) is 6.41. The van der Waals surface area contributed by atoms with Gasteiger partial charge in [0.25, 0.3) is 0 Å². The van der Waals surface area contributed by atoms with Crippen molar-refractivity contribution < 1.29 is 4.79 Å². The second-order valence-electron chi connectivity index (χ2n) is 4.73. The summed E-state index contributed by atoms with van der Waals surface area (Å²) in [5.74, 6) is 0.142. The van der Waals surface area contributed by atoms with Crippen LogP contribution in [0.2, 0.25) is 0 Å². The third-order valence-corrected chi connectivity index (χ3v) is 3.08. The van der Waals surface area contributed by atoms with Gasteiger partial charge in [-0.2, -0.15) is 0 Å². The molecule has 0 radical (unpaired) electrons. The Kier molecular flexibility index (Phi) is 4.47. The van der Waals surface area contributed by atoms with Crippen LogP contribution in [0.1, 0.15) is 12.0 Å². The average Bonchev–Trinajstić information content (AvgIpc) is 2.43. The molecule has 0 saturated carbocycles. The fourth-order valence-electron chi connectivity index (χ4n) is 1.96. The molecule has 0 aliphatic carbocycles. The van der Waals surface area contributed by atoms with E-state index < -0.39 is 0 Å². The summed E-state index contributed by atoms with van der Waals surface area (Å²) in [6.07, 6.45) is 4.27. The molecule has 0 saturated heterocycles. The summed E-state index contributed by atoms with van der Waals surface area (Å²) in [6, 6.07) is 8.19. The van der Waals surface area contributed by atoms with Crippen molar-refractivity contribution in [3.63, 3.8) is 0 Å². The maximum atomic E-state index is 11.4. The van der Waals surface area contributed by atoms with Gasteiger partial charge in [0, 0.05) is 51.4 Å². The van der Waals surface area contributed by atoms with Gasteiger partial charge in [-0.25, -0.2) is 0 Å². The van der Waals surface area contributed by atoms with Gasteiger partial charge in [0.2, 0.25) is 5.91 Å². The molecule has 1 N–H and O–H groups in total. The van der Waals surface area contributed by atoms with Crippen molar-refractivity contribution in [1.82, 2.24) is 15.2 Å². The molecule has 0 unspecified atom stereocenters. The smallest absolute Gasteiger partial charge is 0.223 e. The molecule has 0 atom stereocenters. The van der Waals surface area contributed by atoms with Crippen LogP contribution in [0.4, 0.5) is 0 Å². The number of rotatable bonds is 5. The van der Waals surface area contributed by atoms with Crippen LogP contribution in [-0.4, -0.2) is 36.4 Å². The van der Waals surface area contributed by atoms with Gasteiger partial charge in [-0.15, -0.1) is 0 Å². The first-order valence-corrected chi connectivity index (χ1v) is 6.41. The summed E-state index contributed by atoms with van der Waals surface area (Å²) >= 11 is 0. The van der Waals surface area contributed by atoms with Crippen molar-refractivity contribution >= 4 is 16.7 Å². The van der Waals surface area contributed by atoms with E-state index in [1.165, 1.54) is 5.39 Å². The molecule has 0 fully saturated rings. The van der Waals surface area contributed by atoms with Crippen LogP contribution in [0.15, 0.2) is 36.7 Å². The predicted molar refractivity (Wildman–Crippen MR) is 76.8 cm³/mol. The van der Waals surface area contributed by atoms with Gasteiger partial charge in [0.15, 0.2) is 0 Å². The molecule has 100 valence electrons. The molecule has 1 amide bonds. The molecule has 19 heavy (non-hydrogen) atoms. The number of fused-ring (bicyclic) bond motifs is 1. The first-order chi connectivity index (χ1) is 9.18. The Hall–Kier alpha value is -1.94. The molecule has 4 heteroatoms. The number of hydrogen-bond donors (Lipinski definition) is 1. The van der Waals surface area contributed by atoms with Gasteiger partial charge in [-0.3, -0.25) is 9.78 Å². The van der Waals surface area contributed by atoms with Gasteiger partial charge >= 0.3 is 0 Å². The molecule has 0 aliphatic rings. The highest BCUT2D eigenvalue weighted by atomic mass is 16.2. The van der Waals surface area contributed by atoms with Gasteiger partial charge in [-0.1, -0.05) is 24.3 Å². The number of carbonyl (C=O) groups excluding carboxylic acids is 1. The SMILES string of the molecule is CN(C)C(=O)CCNCc1cncc2ccccc12. The van der Waals surface area contributed by atoms with Crippen molar-refractivity contribution in [2.24, 2.45) is 0 Å². The number of benzene rings is 1. The lowest BCUT2D eigenvalue weighted by atomic mass is 10.1. The van der Waals surface area contributed by atoms with E-state index in [1.807, 2.05) is 24.5 Å². The highest BCUT2D eigenvalue weighted by Gasteiger charge is 2.04. The van der Waals surface area contributed by atoms with Crippen molar-refractivity contribution in [2.75, 3.05) is 20.6 Å². The summed E-state index contributed by atoms with van der Waals surface area (Å²) in [6.45, 7) is 1.41. The average molecular weight is 257 g/mol. The molecule has 2 aromatic rings. The normalized spacial score (nSPS) is 10.6. The number of carbonyl (C=O) groups is 1. The van der Waals surface area contributed by atoms with Crippen molar-refractivity contribution in [2.45, 2.75) is 13.0 Å². The van der Waals surface area contributed by atoms with E-state index >= 15 is 0 Å². The van der Waals surface area contributed by atoms with Crippen LogP contribution in [0, 0.1) is 0 Å². The third kappa shape index (κ3) is 3.51. The maximum Gasteiger partial charge on any atom is 0.223 e. The first kappa shape index (κ1) is 13.5. The Labute approximate surface area is 113 Å². The molecule has 1 aromatic heterocycles. The molecular weight excluding hydrogens is 238 g/mol. The Balaban J connectivity index is 1.93. The highest BCUT2D eigenvalue weighted by Crippen LogP contribution is 2.16. The Morgan fingerprint density at radius 3 is 2.84 bits per heavy atom. The fourth-order valence-corrected chi connectivity index (χ4v) is 1.96. The number of nitrogens with zero attached hydrogens (tertiary/aromatic N) is 2. The number of nitrogens with one attached hydrogen (secondary N) is 1. The van der Waals surface area contributed by atoms with E-state index in [9.17, 15) is 4.79 Å². The maximum absolute atomic E-state index is 11.4. The molecule has 0 spiro atoms. The second-order valence-corrected chi connectivity index (χ2v) is 4.73. The number of hydrogen-bond acceptors (Lipinski definition) is 3. The topological polar surface area (TPSA) is 45.2 Å². The Bertz CT molecular complexity index is 561. The minimum absolute atomic E-state index is 0.142. The van der Waals surface area contributed by atoms with Crippen molar-refractivity contribution in [1.29, 1.82) is 0 Å². The minimum Gasteiger partial charge on any atom is -0.349 e. The minimum atomic E-state index is 0.142. The van der Waals surface area contributed by atoms with E-state index in [2.05, 4.69) is 22.4 Å². The molecule has 1 heterocycles. The molecular formula is C15H19N3O. The quantitative estimate of drug-likeness (QED) is 0.831. The molecule has 0 aliphatic heterocycles. The second kappa shape index (κ2) is 6.29. The van der Waals surface area contributed by atoms with Gasteiger partial charge in [0.1, 0.15) is 0 Å². The van der Waals surface area contributed by atoms with Crippen LogP contribution < -0.4 is 5.32 Å². The molecule has 2 rings (SSSR count). The van der Waals surface area contributed by atoms with Crippen LogP contribution >= 0.6 is 0 Å². The molecule has 4 nitrogen and oxygen atoms in total. The predicted octanol–water partition coefficient (Wildman–Crippen LogP) is 1.80. The highest BCUT2D eigenvalue weighted by molar-refractivity contribution is 5.84. The van der Waals surface area contributed by atoms with Gasteiger partial charge < -0.3 is 10.2 Å². The molecule has 0 bridgehead atoms. The van der Waals surface area contributed by atoms with Crippen LogP contribution in [0.3, 0.4) is 0 Å². The largest absolute Gasteiger partial charge is 0.349 e. The van der Waals surface area contributed by atoms with Crippen molar-refractivity contribution in [3.05, 3.63) is 42.2 Å².